The van der Waals surface area contributed by atoms with Crippen LogP contribution in [-0.4, -0.2) is 32.8 Å². The molecular formula is C21H30N4O2. The van der Waals surface area contributed by atoms with Crippen LogP contribution in [0.4, 0.5) is 0 Å². The van der Waals surface area contributed by atoms with Crippen LogP contribution in [0.15, 0.2) is 27.5 Å². The Bertz CT molecular complexity index is 836. The average Bonchev–Trinajstić information content (AvgIpc) is 3.37. The maximum Gasteiger partial charge on any atom is 0.266 e. The second-order valence-electron chi connectivity index (χ2n) is 9.14. The van der Waals surface area contributed by atoms with Gasteiger partial charge in [0.05, 0.1) is 18.4 Å². The standard InChI is InChI=1S/C21H30N4O2/c1-21(2,3)18-6-7-20(26)25(23-18)13-15-8-10-24(11-9-15)14-19-22-12-17(27-19)16-4-5-16/h6-7,12,15-16H,4-5,8-11,13-14H2,1-3H3. The van der Waals surface area contributed by atoms with Crippen LogP contribution in [0.5, 0.6) is 0 Å². The molecule has 146 valence electrons. The first-order valence-electron chi connectivity index (χ1n) is 10.1. The second-order valence-corrected chi connectivity index (χ2v) is 9.14. The van der Waals surface area contributed by atoms with E-state index in [4.69, 9.17) is 4.42 Å². The molecule has 2 aromatic rings. The minimum Gasteiger partial charge on any atom is -0.444 e. The molecule has 0 spiro atoms. The van der Waals surface area contributed by atoms with Gasteiger partial charge in [0, 0.05) is 23.9 Å². The highest BCUT2D eigenvalue weighted by Crippen LogP contribution is 2.40. The van der Waals surface area contributed by atoms with Crippen LogP contribution in [-0.2, 0) is 18.5 Å². The molecule has 0 radical (unpaired) electrons. The Kier molecular flexibility index (Phi) is 4.93. The summed E-state index contributed by atoms with van der Waals surface area (Å²) in [6, 6.07) is 3.51. The van der Waals surface area contributed by atoms with Crippen molar-refractivity contribution in [2.24, 2.45) is 5.92 Å². The van der Waals surface area contributed by atoms with Gasteiger partial charge in [-0.05, 0) is 50.8 Å². The molecule has 0 atom stereocenters. The van der Waals surface area contributed by atoms with Crippen molar-refractivity contribution < 1.29 is 4.42 Å². The molecule has 2 fully saturated rings. The predicted octanol–water partition coefficient (Wildman–Crippen LogP) is 3.32. The summed E-state index contributed by atoms with van der Waals surface area (Å²) in [7, 11) is 0. The van der Waals surface area contributed by atoms with Crippen LogP contribution in [0.2, 0.25) is 0 Å². The summed E-state index contributed by atoms with van der Waals surface area (Å²) < 4.78 is 7.55. The zero-order valence-corrected chi connectivity index (χ0v) is 16.6. The number of likely N-dealkylation sites (tertiary alicyclic amines) is 1. The molecule has 0 aromatic carbocycles. The topological polar surface area (TPSA) is 64.2 Å². The Morgan fingerprint density at radius 1 is 1.15 bits per heavy atom. The Morgan fingerprint density at radius 2 is 1.89 bits per heavy atom. The van der Waals surface area contributed by atoms with Crippen molar-refractivity contribution in [1.29, 1.82) is 0 Å². The maximum atomic E-state index is 12.2. The predicted molar refractivity (Wildman–Crippen MR) is 104 cm³/mol. The SMILES string of the molecule is CC(C)(C)c1ccc(=O)n(CC2CCN(Cc3ncc(C4CC4)o3)CC2)n1. The Balaban J connectivity index is 1.32. The second kappa shape index (κ2) is 7.23. The van der Waals surface area contributed by atoms with Crippen LogP contribution in [0.25, 0.3) is 0 Å². The van der Waals surface area contributed by atoms with Crippen LogP contribution in [0.1, 0.15) is 69.7 Å². The fourth-order valence-corrected chi connectivity index (χ4v) is 3.70. The molecule has 6 heteroatoms. The number of hydrogen-bond acceptors (Lipinski definition) is 5. The van der Waals surface area contributed by atoms with Gasteiger partial charge in [-0.3, -0.25) is 9.69 Å². The fourth-order valence-electron chi connectivity index (χ4n) is 3.70. The Hall–Kier alpha value is -1.95. The fraction of sp³-hybridized carbons (Fsp3) is 0.667. The van der Waals surface area contributed by atoms with Crippen molar-refractivity contribution in [2.75, 3.05) is 13.1 Å². The number of oxazole rings is 1. The monoisotopic (exact) mass is 370 g/mol. The number of hydrogen-bond donors (Lipinski definition) is 0. The Morgan fingerprint density at radius 3 is 2.56 bits per heavy atom. The number of nitrogens with zero attached hydrogens (tertiary/aromatic N) is 4. The van der Waals surface area contributed by atoms with E-state index in [1.54, 1.807) is 10.7 Å². The van der Waals surface area contributed by atoms with E-state index >= 15 is 0 Å². The molecule has 0 bridgehead atoms. The van der Waals surface area contributed by atoms with E-state index < -0.39 is 0 Å². The van der Waals surface area contributed by atoms with Gasteiger partial charge in [-0.15, -0.1) is 0 Å². The van der Waals surface area contributed by atoms with E-state index in [-0.39, 0.29) is 11.0 Å². The third kappa shape index (κ3) is 4.49. The first-order chi connectivity index (χ1) is 12.9. The minimum absolute atomic E-state index is 0.00202. The van der Waals surface area contributed by atoms with Crippen LogP contribution >= 0.6 is 0 Å². The number of piperidine rings is 1. The first kappa shape index (κ1) is 18.4. The summed E-state index contributed by atoms with van der Waals surface area (Å²) in [5, 5.41) is 4.62. The Labute approximate surface area is 160 Å². The summed E-state index contributed by atoms with van der Waals surface area (Å²) in [6.07, 6.45) is 6.53. The van der Waals surface area contributed by atoms with E-state index in [0.29, 0.717) is 18.4 Å². The maximum absolute atomic E-state index is 12.2. The van der Waals surface area contributed by atoms with Crippen LogP contribution in [0.3, 0.4) is 0 Å². The van der Waals surface area contributed by atoms with Crippen molar-refractivity contribution in [3.63, 3.8) is 0 Å². The third-order valence-corrected chi connectivity index (χ3v) is 5.68. The van der Waals surface area contributed by atoms with E-state index in [0.717, 1.165) is 49.8 Å². The molecule has 2 aliphatic rings. The third-order valence-electron chi connectivity index (χ3n) is 5.68. The van der Waals surface area contributed by atoms with Crippen LogP contribution in [0, 0.1) is 5.92 Å². The lowest BCUT2D eigenvalue weighted by Gasteiger charge is -2.31. The zero-order valence-electron chi connectivity index (χ0n) is 16.6. The van der Waals surface area contributed by atoms with Crippen molar-refractivity contribution >= 4 is 0 Å². The van der Waals surface area contributed by atoms with E-state index in [9.17, 15) is 4.79 Å². The van der Waals surface area contributed by atoms with E-state index in [1.165, 1.54) is 12.8 Å². The average molecular weight is 370 g/mol. The highest BCUT2D eigenvalue weighted by Gasteiger charge is 2.28. The van der Waals surface area contributed by atoms with Crippen LogP contribution < -0.4 is 5.56 Å². The summed E-state index contributed by atoms with van der Waals surface area (Å²) >= 11 is 0. The van der Waals surface area contributed by atoms with Crippen molar-refractivity contribution in [1.82, 2.24) is 19.7 Å². The first-order valence-corrected chi connectivity index (χ1v) is 10.1. The summed E-state index contributed by atoms with van der Waals surface area (Å²) in [4.78, 5) is 19.1. The molecule has 4 rings (SSSR count). The number of rotatable bonds is 5. The molecule has 3 heterocycles. The molecule has 6 nitrogen and oxygen atoms in total. The van der Waals surface area contributed by atoms with Gasteiger partial charge in [-0.25, -0.2) is 9.67 Å². The lowest BCUT2D eigenvalue weighted by Crippen LogP contribution is -2.37. The van der Waals surface area contributed by atoms with Crippen molar-refractivity contribution in [2.45, 2.75) is 70.9 Å². The molecule has 0 unspecified atom stereocenters. The lowest BCUT2D eigenvalue weighted by molar-refractivity contribution is 0.151. The number of aromatic nitrogens is 3. The van der Waals surface area contributed by atoms with Crippen molar-refractivity contribution in [3.05, 3.63) is 46.0 Å². The molecular weight excluding hydrogens is 340 g/mol. The summed E-state index contributed by atoms with van der Waals surface area (Å²) in [6.45, 7) is 9.90. The quantitative estimate of drug-likeness (QED) is 0.808. The smallest absolute Gasteiger partial charge is 0.266 e. The summed E-state index contributed by atoms with van der Waals surface area (Å²) in [5.74, 6) is 3.01. The highest BCUT2D eigenvalue weighted by atomic mass is 16.4. The van der Waals surface area contributed by atoms with Gasteiger partial charge in [0.15, 0.2) is 0 Å². The molecule has 2 aromatic heterocycles. The molecule has 0 amide bonds. The molecule has 1 saturated heterocycles. The summed E-state index contributed by atoms with van der Waals surface area (Å²) in [5.41, 5.74) is 0.918. The molecule has 27 heavy (non-hydrogen) atoms. The minimum atomic E-state index is -0.0474. The molecule has 1 aliphatic carbocycles. The zero-order chi connectivity index (χ0) is 19.0. The largest absolute Gasteiger partial charge is 0.444 e. The van der Waals surface area contributed by atoms with Gasteiger partial charge >= 0.3 is 0 Å². The molecule has 1 saturated carbocycles. The molecule has 1 aliphatic heterocycles. The van der Waals surface area contributed by atoms with Gasteiger partial charge in [0.2, 0.25) is 5.89 Å². The van der Waals surface area contributed by atoms with E-state index in [2.05, 4.69) is 35.8 Å². The van der Waals surface area contributed by atoms with Gasteiger partial charge < -0.3 is 4.42 Å². The van der Waals surface area contributed by atoms with Crippen molar-refractivity contribution in [3.8, 4) is 0 Å². The van der Waals surface area contributed by atoms with Gasteiger partial charge in [-0.2, -0.15) is 5.10 Å². The molecule has 0 N–H and O–H groups in total. The normalized spacial score (nSPS) is 19.5. The lowest BCUT2D eigenvalue weighted by atomic mass is 9.92. The highest BCUT2D eigenvalue weighted by molar-refractivity contribution is 5.11. The van der Waals surface area contributed by atoms with Gasteiger partial charge in [0.25, 0.3) is 5.56 Å². The van der Waals surface area contributed by atoms with Gasteiger partial charge in [-0.1, -0.05) is 20.8 Å². The van der Waals surface area contributed by atoms with Gasteiger partial charge in [0.1, 0.15) is 5.76 Å². The van der Waals surface area contributed by atoms with E-state index in [1.807, 2.05) is 12.3 Å².